The van der Waals surface area contributed by atoms with Crippen molar-refractivity contribution in [1.29, 1.82) is 0 Å². The Morgan fingerprint density at radius 1 is 1.29 bits per heavy atom. The van der Waals surface area contributed by atoms with Crippen molar-refractivity contribution in [3.8, 4) is 0 Å². The van der Waals surface area contributed by atoms with E-state index in [9.17, 15) is 0 Å². The van der Waals surface area contributed by atoms with Gasteiger partial charge in [-0.3, -0.25) is 5.84 Å². The predicted molar refractivity (Wildman–Crippen MR) is 58.5 cm³/mol. The van der Waals surface area contributed by atoms with E-state index < -0.39 is 0 Å². The minimum Gasteiger partial charge on any atom is -0.268 e. The summed E-state index contributed by atoms with van der Waals surface area (Å²) in [6.07, 6.45) is 2.51. The van der Waals surface area contributed by atoms with Gasteiger partial charge in [0.05, 0.1) is 6.04 Å². The molecule has 0 unspecified atom stereocenters. The lowest BCUT2D eigenvalue weighted by molar-refractivity contribution is 0.102. The molecule has 2 heteroatoms. The van der Waals surface area contributed by atoms with Gasteiger partial charge < -0.3 is 0 Å². The zero-order valence-electron chi connectivity index (χ0n) is 8.69. The summed E-state index contributed by atoms with van der Waals surface area (Å²) < 4.78 is 0. The monoisotopic (exact) mass is 190 g/mol. The second kappa shape index (κ2) is 4.11. The van der Waals surface area contributed by atoms with Gasteiger partial charge in [-0.15, -0.1) is 0 Å². The van der Waals surface area contributed by atoms with Crippen LogP contribution in [-0.2, 0) is 0 Å². The third kappa shape index (κ3) is 1.81. The predicted octanol–water partition coefficient (Wildman–Crippen LogP) is 2.33. The molecular formula is C12H18N2. The van der Waals surface area contributed by atoms with E-state index in [1.54, 1.807) is 0 Å². The van der Waals surface area contributed by atoms with Crippen molar-refractivity contribution in [2.75, 3.05) is 6.54 Å². The first-order valence-electron chi connectivity index (χ1n) is 5.35. The van der Waals surface area contributed by atoms with Crippen molar-refractivity contribution in [3.63, 3.8) is 0 Å². The van der Waals surface area contributed by atoms with Crippen molar-refractivity contribution >= 4 is 0 Å². The van der Waals surface area contributed by atoms with Gasteiger partial charge in [-0.2, -0.15) is 0 Å². The molecule has 1 fully saturated rings. The van der Waals surface area contributed by atoms with Gasteiger partial charge in [-0.1, -0.05) is 37.3 Å². The smallest absolute Gasteiger partial charge is 0.0516 e. The molecule has 14 heavy (non-hydrogen) atoms. The first-order chi connectivity index (χ1) is 6.79. The van der Waals surface area contributed by atoms with Gasteiger partial charge in [0.15, 0.2) is 0 Å². The lowest BCUT2D eigenvalue weighted by atomic mass is 9.87. The molecule has 1 aromatic carbocycles. The Labute approximate surface area is 85.7 Å². The number of hydrazine groups is 1. The highest BCUT2D eigenvalue weighted by Gasteiger charge is 2.27. The van der Waals surface area contributed by atoms with Crippen LogP contribution in [0.1, 0.15) is 31.4 Å². The summed E-state index contributed by atoms with van der Waals surface area (Å²) in [5.41, 5.74) is 1.35. The molecule has 0 aromatic heterocycles. The van der Waals surface area contributed by atoms with Gasteiger partial charge in [0.1, 0.15) is 0 Å². The molecule has 2 rings (SSSR count). The van der Waals surface area contributed by atoms with Crippen LogP contribution in [0.15, 0.2) is 30.3 Å². The molecule has 76 valence electrons. The summed E-state index contributed by atoms with van der Waals surface area (Å²) in [6.45, 7) is 3.31. The first-order valence-corrected chi connectivity index (χ1v) is 5.35. The molecule has 1 aliphatic heterocycles. The normalized spacial score (nSPS) is 29.0. The average Bonchev–Trinajstić information content (AvgIpc) is 2.19. The molecule has 2 N–H and O–H groups in total. The summed E-state index contributed by atoms with van der Waals surface area (Å²) in [7, 11) is 0. The topological polar surface area (TPSA) is 29.3 Å². The van der Waals surface area contributed by atoms with Gasteiger partial charge >= 0.3 is 0 Å². The summed E-state index contributed by atoms with van der Waals surface area (Å²) in [5.74, 6) is 6.70. The van der Waals surface area contributed by atoms with Crippen molar-refractivity contribution in [3.05, 3.63) is 35.9 Å². The van der Waals surface area contributed by atoms with Crippen LogP contribution in [-0.4, -0.2) is 11.6 Å². The fraction of sp³-hybridized carbons (Fsp3) is 0.500. The maximum Gasteiger partial charge on any atom is 0.0516 e. The van der Waals surface area contributed by atoms with E-state index in [1.165, 1.54) is 18.4 Å². The van der Waals surface area contributed by atoms with Gasteiger partial charge in [0.2, 0.25) is 0 Å². The molecule has 2 nitrogen and oxygen atoms in total. The Hall–Kier alpha value is -0.860. The summed E-state index contributed by atoms with van der Waals surface area (Å²) in [4.78, 5) is 0. The molecule has 0 radical (unpaired) electrons. The highest BCUT2D eigenvalue weighted by atomic mass is 15.4. The zero-order valence-corrected chi connectivity index (χ0v) is 8.69. The molecule has 0 saturated carbocycles. The fourth-order valence-corrected chi connectivity index (χ4v) is 2.39. The number of piperidine rings is 1. The van der Waals surface area contributed by atoms with Crippen LogP contribution in [0.4, 0.5) is 0 Å². The quantitative estimate of drug-likeness (QED) is 0.689. The fourth-order valence-electron chi connectivity index (χ4n) is 2.39. The van der Waals surface area contributed by atoms with Crippen LogP contribution in [0, 0.1) is 5.92 Å². The first kappa shape index (κ1) is 9.69. The molecule has 1 heterocycles. The van der Waals surface area contributed by atoms with Gasteiger partial charge in [-0.05, 0) is 24.3 Å². The maximum atomic E-state index is 6.03. The van der Waals surface area contributed by atoms with Crippen LogP contribution in [0.5, 0.6) is 0 Å². The lowest BCUT2D eigenvalue weighted by Crippen LogP contribution is -2.42. The molecule has 0 aliphatic carbocycles. The third-order valence-electron chi connectivity index (χ3n) is 3.11. The number of rotatable bonds is 1. The molecule has 0 amide bonds. The minimum absolute atomic E-state index is 0.407. The van der Waals surface area contributed by atoms with Crippen molar-refractivity contribution in [2.24, 2.45) is 11.8 Å². The van der Waals surface area contributed by atoms with E-state index >= 15 is 0 Å². The van der Waals surface area contributed by atoms with Gasteiger partial charge in [0.25, 0.3) is 0 Å². The maximum absolute atomic E-state index is 6.03. The highest BCUT2D eigenvalue weighted by Crippen LogP contribution is 2.33. The largest absolute Gasteiger partial charge is 0.268 e. The van der Waals surface area contributed by atoms with E-state index in [-0.39, 0.29) is 0 Å². The second-order valence-electron chi connectivity index (χ2n) is 4.21. The number of nitrogens with zero attached hydrogens (tertiary/aromatic N) is 1. The third-order valence-corrected chi connectivity index (χ3v) is 3.11. The average molecular weight is 190 g/mol. The van der Waals surface area contributed by atoms with Gasteiger partial charge in [0, 0.05) is 6.54 Å². The lowest BCUT2D eigenvalue weighted by Gasteiger charge is -2.37. The number of hydrogen-bond acceptors (Lipinski definition) is 2. The number of benzene rings is 1. The molecular weight excluding hydrogens is 172 g/mol. The Morgan fingerprint density at radius 2 is 2.00 bits per heavy atom. The minimum atomic E-state index is 0.407. The molecule has 1 aromatic rings. The summed E-state index contributed by atoms with van der Waals surface area (Å²) in [5, 5.41) is 1.99. The zero-order chi connectivity index (χ0) is 9.97. The van der Waals surface area contributed by atoms with Crippen molar-refractivity contribution < 1.29 is 0 Å². The van der Waals surface area contributed by atoms with Crippen molar-refractivity contribution in [1.82, 2.24) is 5.01 Å². The van der Waals surface area contributed by atoms with Crippen LogP contribution >= 0.6 is 0 Å². The van der Waals surface area contributed by atoms with Crippen LogP contribution < -0.4 is 5.84 Å². The molecule has 0 bridgehead atoms. The number of nitrogens with two attached hydrogens (primary N) is 1. The number of hydrogen-bond donors (Lipinski definition) is 1. The molecule has 0 spiro atoms. The van der Waals surface area contributed by atoms with E-state index in [4.69, 9.17) is 5.84 Å². The molecule has 2 atom stereocenters. The van der Waals surface area contributed by atoms with E-state index in [2.05, 4.69) is 37.3 Å². The summed E-state index contributed by atoms with van der Waals surface area (Å²) >= 11 is 0. The Balaban J connectivity index is 2.23. The van der Waals surface area contributed by atoms with E-state index in [1.807, 2.05) is 5.01 Å². The Morgan fingerprint density at radius 3 is 2.64 bits per heavy atom. The molecule has 1 aliphatic rings. The summed E-state index contributed by atoms with van der Waals surface area (Å²) in [6, 6.07) is 11.0. The Bertz CT molecular complexity index is 274. The Kier molecular flexibility index (Phi) is 2.85. The van der Waals surface area contributed by atoms with Gasteiger partial charge in [-0.25, -0.2) is 5.01 Å². The standard InChI is InChI=1S/C12H18N2/c1-10-6-5-9-14(13)12(10)11-7-3-2-4-8-11/h2-4,7-8,10,12H,5-6,9,13H2,1H3/t10-,12+/m0/s1. The highest BCUT2D eigenvalue weighted by molar-refractivity contribution is 5.19. The SMILES string of the molecule is C[C@H]1CCCN(N)[C@H]1c1ccccc1. The van der Waals surface area contributed by atoms with Crippen LogP contribution in [0.25, 0.3) is 0 Å². The molecule has 1 saturated heterocycles. The van der Waals surface area contributed by atoms with Crippen molar-refractivity contribution in [2.45, 2.75) is 25.8 Å². The van der Waals surface area contributed by atoms with Crippen LogP contribution in [0.3, 0.4) is 0 Å². The second-order valence-corrected chi connectivity index (χ2v) is 4.21. The van der Waals surface area contributed by atoms with Crippen LogP contribution in [0.2, 0.25) is 0 Å². The van der Waals surface area contributed by atoms with E-state index in [0.29, 0.717) is 12.0 Å². The van der Waals surface area contributed by atoms with E-state index in [0.717, 1.165) is 6.54 Å².